The zero-order chi connectivity index (χ0) is 27.3. The van der Waals surface area contributed by atoms with Crippen LogP contribution >= 0.6 is 0 Å². The fourth-order valence-electron chi connectivity index (χ4n) is 5.53. The van der Waals surface area contributed by atoms with Crippen molar-refractivity contribution in [2.24, 2.45) is 0 Å². The Morgan fingerprint density at radius 2 is 1.79 bits per heavy atom. The highest BCUT2D eigenvalue weighted by Crippen LogP contribution is 2.47. The van der Waals surface area contributed by atoms with Crippen LogP contribution in [0.1, 0.15) is 58.9 Å². The Morgan fingerprint density at radius 1 is 1.08 bits per heavy atom. The summed E-state index contributed by atoms with van der Waals surface area (Å²) in [7, 11) is 0. The van der Waals surface area contributed by atoms with E-state index >= 15 is 0 Å². The molecule has 10 nitrogen and oxygen atoms in total. The summed E-state index contributed by atoms with van der Waals surface area (Å²) in [5.41, 5.74) is 3.15. The van der Waals surface area contributed by atoms with Crippen LogP contribution in [0.3, 0.4) is 0 Å². The number of anilines is 2. The molecule has 0 spiro atoms. The predicted octanol–water partition coefficient (Wildman–Crippen LogP) is 2.35. The third kappa shape index (κ3) is 4.53. The molecular formula is C29H29N5O5. The fourth-order valence-corrected chi connectivity index (χ4v) is 5.53. The van der Waals surface area contributed by atoms with E-state index in [1.807, 2.05) is 31.2 Å². The third-order valence-corrected chi connectivity index (χ3v) is 8.06. The van der Waals surface area contributed by atoms with Gasteiger partial charge in [-0.1, -0.05) is 12.1 Å². The van der Waals surface area contributed by atoms with E-state index in [9.17, 15) is 24.4 Å². The summed E-state index contributed by atoms with van der Waals surface area (Å²) in [6.07, 6.45) is 2.11. The van der Waals surface area contributed by atoms with Crippen molar-refractivity contribution in [3.63, 3.8) is 0 Å². The zero-order valence-electron chi connectivity index (χ0n) is 21.6. The molecule has 4 aliphatic rings. The van der Waals surface area contributed by atoms with Gasteiger partial charge in [-0.25, -0.2) is 0 Å². The standard InChI is InChI=1S/C29H29N5O5/c1-17(13-31-19-4-2-18(3-5-19)29(16-30)10-11-29)39-21-14-33(15-21)20-6-7-22-23(12-20)28(38)34(27(22)37)24-8-9-25(35)32-26(24)36/h2-7,12,17,21,24,31H,8-11,13-15H2,1H3,(H,32,35,36). The molecule has 2 saturated heterocycles. The normalized spacial score (nSPS) is 22.6. The maximum absolute atomic E-state index is 13.1. The number of nitrogens with one attached hydrogen (secondary N) is 2. The molecule has 200 valence electrons. The number of nitriles is 1. The molecule has 6 rings (SSSR count). The minimum absolute atomic E-state index is 0.0213. The Balaban J connectivity index is 1.00. The van der Waals surface area contributed by atoms with Crippen LogP contribution in [-0.2, 0) is 19.7 Å². The highest BCUT2D eigenvalue weighted by atomic mass is 16.5. The SMILES string of the molecule is CC(CNc1ccc(C2(C#N)CC2)cc1)OC1CN(c2ccc3c(c2)C(=O)N(C2CCC(=O)NC2=O)C3=O)C1. The second-order valence-corrected chi connectivity index (χ2v) is 10.8. The van der Waals surface area contributed by atoms with E-state index in [0.29, 0.717) is 19.6 Å². The van der Waals surface area contributed by atoms with Crippen molar-refractivity contribution < 1.29 is 23.9 Å². The molecule has 2 N–H and O–H groups in total. The first-order valence-corrected chi connectivity index (χ1v) is 13.3. The average Bonchev–Trinajstić information content (AvgIpc) is 3.67. The summed E-state index contributed by atoms with van der Waals surface area (Å²) in [6, 6.07) is 14.6. The average molecular weight is 528 g/mol. The lowest BCUT2D eigenvalue weighted by Crippen LogP contribution is -2.54. The van der Waals surface area contributed by atoms with Gasteiger partial charge in [-0.2, -0.15) is 5.26 Å². The van der Waals surface area contributed by atoms with E-state index in [4.69, 9.17) is 4.74 Å². The second-order valence-electron chi connectivity index (χ2n) is 10.8. The van der Waals surface area contributed by atoms with Crippen LogP contribution < -0.4 is 15.5 Å². The summed E-state index contributed by atoms with van der Waals surface area (Å²) in [4.78, 5) is 52.8. The van der Waals surface area contributed by atoms with Gasteiger partial charge in [0, 0.05) is 37.4 Å². The smallest absolute Gasteiger partial charge is 0.262 e. The maximum Gasteiger partial charge on any atom is 0.262 e. The van der Waals surface area contributed by atoms with E-state index in [-0.39, 0.29) is 41.6 Å². The Morgan fingerprint density at radius 3 is 2.46 bits per heavy atom. The topological polar surface area (TPSA) is 132 Å². The lowest BCUT2D eigenvalue weighted by molar-refractivity contribution is -0.136. The molecule has 0 aromatic heterocycles. The number of fused-ring (bicyclic) bond motifs is 1. The molecule has 39 heavy (non-hydrogen) atoms. The number of hydrogen-bond acceptors (Lipinski definition) is 8. The first-order valence-electron chi connectivity index (χ1n) is 13.3. The quantitative estimate of drug-likeness (QED) is 0.500. The van der Waals surface area contributed by atoms with Gasteiger partial charge in [0.25, 0.3) is 11.8 Å². The summed E-state index contributed by atoms with van der Waals surface area (Å²) < 4.78 is 6.16. The number of amides is 4. The summed E-state index contributed by atoms with van der Waals surface area (Å²) in [5.74, 6) is -2.02. The third-order valence-electron chi connectivity index (χ3n) is 8.06. The number of carbonyl (C=O) groups excluding carboxylic acids is 4. The molecule has 0 radical (unpaired) electrons. The number of hydrogen-bond donors (Lipinski definition) is 2. The van der Waals surface area contributed by atoms with Gasteiger partial charge in [0.05, 0.1) is 34.8 Å². The molecule has 3 heterocycles. The molecule has 1 aliphatic carbocycles. The van der Waals surface area contributed by atoms with Crippen molar-refractivity contribution in [3.05, 3.63) is 59.2 Å². The first-order chi connectivity index (χ1) is 18.8. The van der Waals surface area contributed by atoms with Gasteiger partial charge in [0.2, 0.25) is 11.8 Å². The molecule has 2 aromatic rings. The molecule has 0 bridgehead atoms. The monoisotopic (exact) mass is 527 g/mol. The van der Waals surface area contributed by atoms with Crippen LogP contribution in [0.5, 0.6) is 0 Å². The first kappa shape index (κ1) is 25.1. The van der Waals surface area contributed by atoms with Crippen molar-refractivity contribution in [3.8, 4) is 6.07 Å². The molecule has 2 aromatic carbocycles. The summed E-state index contributed by atoms with van der Waals surface area (Å²) >= 11 is 0. The summed E-state index contributed by atoms with van der Waals surface area (Å²) in [5, 5.41) is 15.0. The minimum Gasteiger partial charge on any atom is -0.382 e. The lowest BCUT2D eigenvalue weighted by Gasteiger charge is -2.42. The van der Waals surface area contributed by atoms with Crippen molar-refractivity contribution in [2.75, 3.05) is 29.9 Å². The van der Waals surface area contributed by atoms with Crippen molar-refractivity contribution in [1.29, 1.82) is 5.26 Å². The number of piperidine rings is 1. The van der Waals surface area contributed by atoms with Gasteiger partial charge in [0.1, 0.15) is 6.04 Å². The molecule has 10 heteroatoms. The Labute approximate surface area is 225 Å². The Bertz CT molecular complexity index is 1400. The number of carbonyl (C=O) groups is 4. The van der Waals surface area contributed by atoms with Gasteiger partial charge in [-0.05, 0) is 62.1 Å². The number of ether oxygens (including phenoxy) is 1. The van der Waals surface area contributed by atoms with Crippen LogP contribution in [-0.4, -0.2) is 66.4 Å². The molecule has 4 amide bonds. The van der Waals surface area contributed by atoms with Crippen molar-refractivity contribution in [2.45, 2.75) is 56.3 Å². The number of imide groups is 2. The molecule has 3 fully saturated rings. The lowest BCUT2D eigenvalue weighted by atomic mass is 9.98. The van der Waals surface area contributed by atoms with Gasteiger partial charge >= 0.3 is 0 Å². The Hall–Kier alpha value is -4.23. The molecule has 1 saturated carbocycles. The van der Waals surface area contributed by atoms with E-state index in [0.717, 1.165) is 34.7 Å². The van der Waals surface area contributed by atoms with Crippen LogP contribution in [0, 0.1) is 11.3 Å². The molecule has 2 unspecified atom stereocenters. The molecule has 2 atom stereocenters. The van der Waals surface area contributed by atoms with Crippen molar-refractivity contribution >= 4 is 35.0 Å². The van der Waals surface area contributed by atoms with E-state index < -0.39 is 29.7 Å². The van der Waals surface area contributed by atoms with Gasteiger partial charge < -0.3 is 15.0 Å². The zero-order valence-corrected chi connectivity index (χ0v) is 21.6. The number of nitrogens with zero attached hydrogens (tertiary/aromatic N) is 3. The van der Waals surface area contributed by atoms with Gasteiger partial charge in [-0.3, -0.25) is 29.4 Å². The number of rotatable bonds is 8. The molecular weight excluding hydrogens is 498 g/mol. The maximum atomic E-state index is 13.1. The Kier molecular flexibility index (Phi) is 6.11. The highest BCUT2D eigenvalue weighted by molar-refractivity contribution is 6.23. The van der Waals surface area contributed by atoms with Crippen LogP contribution in [0.25, 0.3) is 0 Å². The van der Waals surface area contributed by atoms with Crippen molar-refractivity contribution in [1.82, 2.24) is 10.2 Å². The summed E-state index contributed by atoms with van der Waals surface area (Å²) in [6.45, 7) is 3.98. The van der Waals surface area contributed by atoms with Gasteiger partial charge in [0.15, 0.2) is 0 Å². The molecule has 3 aliphatic heterocycles. The highest BCUT2D eigenvalue weighted by Gasteiger charge is 2.46. The van der Waals surface area contributed by atoms with Crippen LogP contribution in [0.15, 0.2) is 42.5 Å². The van der Waals surface area contributed by atoms with E-state index in [2.05, 4.69) is 21.6 Å². The predicted molar refractivity (Wildman–Crippen MR) is 141 cm³/mol. The van der Waals surface area contributed by atoms with Crippen LogP contribution in [0.4, 0.5) is 11.4 Å². The van der Waals surface area contributed by atoms with E-state index in [1.54, 1.807) is 18.2 Å². The minimum atomic E-state index is -0.972. The second kappa shape index (κ2) is 9.50. The van der Waals surface area contributed by atoms with E-state index in [1.165, 1.54) is 0 Å². The van der Waals surface area contributed by atoms with Gasteiger partial charge in [-0.15, -0.1) is 0 Å². The fraction of sp³-hybridized carbons (Fsp3) is 0.414. The van der Waals surface area contributed by atoms with Crippen LogP contribution in [0.2, 0.25) is 0 Å². The largest absolute Gasteiger partial charge is 0.382 e. The number of benzene rings is 2.